The van der Waals surface area contributed by atoms with Crippen molar-refractivity contribution in [3.63, 3.8) is 0 Å². The Bertz CT molecular complexity index is 567. The number of aryl methyl sites for hydroxylation is 1. The standard InChI is InChI=1S/C14H13ClFNS/c15-9-4-5-13(11(16)8-9)17-12-2-1-3-14-10(12)6-7-18-14/h4-8,12,17H,1-3H2. The van der Waals surface area contributed by atoms with Crippen LogP contribution in [0.2, 0.25) is 5.02 Å². The van der Waals surface area contributed by atoms with Gasteiger partial charge in [0.2, 0.25) is 0 Å². The molecule has 0 radical (unpaired) electrons. The summed E-state index contributed by atoms with van der Waals surface area (Å²) in [6, 6.07) is 7.13. The molecule has 0 fully saturated rings. The lowest BCUT2D eigenvalue weighted by Crippen LogP contribution is -2.16. The Kier molecular flexibility index (Phi) is 3.27. The van der Waals surface area contributed by atoms with E-state index in [1.807, 2.05) is 0 Å². The van der Waals surface area contributed by atoms with E-state index in [-0.39, 0.29) is 11.9 Å². The van der Waals surface area contributed by atoms with Gasteiger partial charge in [0.1, 0.15) is 5.82 Å². The van der Waals surface area contributed by atoms with Crippen LogP contribution in [0.1, 0.15) is 29.3 Å². The van der Waals surface area contributed by atoms with Gasteiger partial charge in [-0.2, -0.15) is 0 Å². The second-order valence-corrected chi connectivity index (χ2v) is 5.95. The average molecular weight is 282 g/mol. The third kappa shape index (κ3) is 2.25. The van der Waals surface area contributed by atoms with Crippen molar-refractivity contribution in [2.24, 2.45) is 0 Å². The summed E-state index contributed by atoms with van der Waals surface area (Å²) in [5, 5.41) is 5.83. The molecule has 94 valence electrons. The van der Waals surface area contributed by atoms with Gasteiger partial charge in [-0.05, 0) is 54.5 Å². The molecule has 1 aromatic carbocycles. The SMILES string of the molecule is Fc1cc(Cl)ccc1NC1CCCc2sccc21. The molecule has 4 heteroatoms. The predicted molar refractivity (Wildman–Crippen MR) is 75.0 cm³/mol. The monoisotopic (exact) mass is 281 g/mol. The maximum Gasteiger partial charge on any atom is 0.147 e. The third-order valence-corrected chi connectivity index (χ3v) is 4.54. The molecule has 1 heterocycles. The van der Waals surface area contributed by atoms with E-state index < -0.39 is 0 Å². The van der Waals surface area contributed by atoms with Gasteiger partial charge in [0.25, 0.3) is 0 Å². The fourth-order valence-electron chi connectivity index (χ4n) is 2.43. The zero-order valence-electron chi connectivity index (χ0n) is 9.75. The summed E-state index contributed by atoms with van der Waals surface area (Å²) in [5.41, 5.74) is 1.85. The number of thiophene rings is 1. The fourth-order valence-corrected chi connectivity index (χ4v) is 3.58. The van der Waals surface area contributed by atoms with E-state index in [9.17, 15) is 4.39 Å². The highest BCUT2D eigenvalue weighted by atomic mass is 35.5. The number of hydrogen-bond donors (Lipinski definition) is 1. The Morgan fingerprint density at radius 1 is 1.33 bits per heavy atom. The maximum absolute atomic E-state index is 13.8. The molecule has 3 rings (SSSR count). The summed E-state index contributed by atoms with van der Waals surface area (Å²) in [5.74, 6) is -0.287. The topological polar surface area (TPSA) is 12.0 Å². The van der Waals surface area contributed by atoms with Gasteiger partial charge >= 0.3 is 0 Å². The van der Waals surface area contributed by atoms with Gasteiger partial charge in [0.05, 0.1) is 11.7 Å². The van der Waals surface area contributed by atoms with Gasteiger partial charge in [-0.1, -0.05) is 11.6 Å². The number of rotatable bonds is 2. The van der Waals surface area contributed by atoms with Crippen molar-refractivity contribution >= 4 is 28.6 Å². The normalized spacial score (nSPS) is 18.4. The molecule has 1 atom stereocenters. The first-order chi connectivity index (χ1) is 8.74. The molecule has 0 spiro atoms. The van der Waals surface area contributed by atoms with Crippen molar-refractivity contribution < 1.29 is 4.39 Å². The minimum absolute atomic E-state index is 0.218. The highest BCUT2D eigenvalue weighted by Gasteiger charge is 2.21. The number of fused-ring (bicyclic) bond motifs is 1. The molecular formula is C14H13ClFNS. The van der Waals surface area contributed by atoms with Gasteiger partial charge in [-0.25, -0.2) is 4.39 Å². The maximum atomic E-state index is 13.8. The second-order valence-electron chi connectivity index (χ2n) is 4.51. The van der Waals surface area contributed by atoms with Crippen LogP contribution in [-0.2, 0) is 6.42 Å². The molecule has 18 heavy (non-hydrogen) atoms. The van der Waals surface area contributed by atoms with Crippen LogP contribution in [0.3, 0.4) is 0 Å². The zero-order chi connectivity index (χ0) is 12.5. The summed E-state index contributed by atoms with van der Waals surface area (Å²) in [7, 11) is 0. The minimum Gasteiger partial charge on any atom is -0.376 e. The van der Waals surface area contributed by atoms with Crippen LogP contribution in [0.4, 0.5) is 10.1 Å². The van der Waals surface area contributed by atoms with E-state index in [0.717, 1.165) is 19.3 Å². The smallest absolute Gasteiger partial charge is 0.147 e. The first-order valence-corrected chi connectivity index (χ1v) is 7.27. The lowest BCUT2D eigenvalue weighted by Gasteiger charge is -2.25. The van der Waals surface area contributed by atoms with Crippen LogP contribution in [-0.4, -0.2) is 0 Å². The Morgan fingerprint density at radius 2 is 2.22 bits per heavy atom. The summed E-state index contributed by atoms with van der Waals surface area (Å²) in [6.07, 6.45) is 3.35. The van der Waals surface area contributed by atoms with Crippen molar-refractivity contribution in [2.75, 3.05) is 5.32 Å². The molecule has 0 amide bonds. The van der Waals surface area contributed by atoms with Crippen molar-refractivity contribution in [3.8, 4) is 0 Å². The molecule has 1 aliphatic carbocycles. The number of benzene rings is 1. The van der Waals surface area contributed by atoms with Crippen LogP contribution in [0.15, 0.2) is 29.6 Å². The summed E-state index contributed by atoms with van der Waals surface area (Å²) in [4.78, 5) is 1.42. The Morgan fingerprint density at radius 3 is 3.06 bits per heavy atom. The molecule has 0 saturated heterocycles. The van der Waals surface area contributed by atoms with Gasteiger partial charge in [0.15, 0.2) is 0 Å². The Labute approximate surface area is 115 Å². The molecule has 0 saturated carbocycles. The molecule has 1 unspecified atom stereocenters. The summed E-state index contributed by atoms with van der Waals surface area (Å²) in [6.45, 7) is 0. The lowest BCUT2D eigenvalue weighted by atomic mass is 9.94. The minimum atomic E-state index is -0.287. The van der Waals surface area contributed by atoms with E-state index in [4.69, 9.17) is 11.6 Å². The number of nitrogens with one attached hydrogen (secondary N) is 1. The van der Waals surface area contributed by atoms with Crippen LogP contribution < -0.4 is 5.32 Å². The molecular weight excluding hydrogens is 269 g/mol. The number of anilines is 1. The van der Waals surface area contributed by atoms with E-state index in [1.54, 1.807) is 23.5 Å². The molecule has 1 N–H and O–H groups in total. The van der Waals surface area contributed by atoms with Crippen molar-refractivity contribution in [2.45, 2.75) is 25.3 Å². The highest BCUT2D eigenvalue weighted by Crippen LogP contribution is 2.36. The van der Waals surface area contributed by atoms with Crippen molar-refractivity contribution in [1.82, 2.24) is 0 Å². The van der Waals surface area contributed by atoms with Gasteiger partial charge < -0.3 is 5.32 Å². The van der Waals surface area contributed by atoms with Crippen molar-refractivity contribution in [1.29, 1.82) is 0 Å². The Hall–Kier alpha value is -1.06. The third-order valence-electron chi connectivity index (χ3n) is 3.31. The average Bonchev–Trinajstić information content (AvgIpc) is 2.82. The van der Waals surface area contributed by atoms with E-state index >= 15 is 0 Å². The Balaban J connectivity index is 1.86. The highest BCUT2D eigenvalue weighted by molar-refractivity contribution is 7.10. The molecule has 1 nitrogen and oxygen atoms in total. The van der Waals surface area contributed by atoms with Crippen molar-refractivity contribution in [3.05, 3.63) is 50.9 Å². The van der Waals surface area contributed by atoms with E-state index in [0.29, 0.717) is 10.7 Å². The number of hydrogen-bond acceptors (Lipinski definition) is 2. The number of halogens is 2. The van der Waals surface area contributed by atoms with E-state index in [1.165, 1.54) is 16.5 Å². The summed E-state index contributed by atoms with van der Waals surface area (Å²) < 4.78 is 13.8. The fraction of sp³-hybridized carbons (Fsp3) is 0.286. The zero-order valence-corrected chi connectivity index (χ0v) is 11.3. The van der Waals surface area contributed by atoms with Gasteiger partial charge in [-0.15, -0.1) is 11.3 Å². The lowest BCUT2D eigenvalue weighted by molar-refractivity contribution is 0.592. The second kappa shape index (κ2) is 4.90. The van der Waals surface area contributed by atoms with Gasteiger partial charge in [-0.3, -0.25) is 0 Å². The van der Waals surface area contributed by atoms with Gasteiger partial charge in [0, 0.05) is 9.90 Å². The summed E-state index contributed by atoms with van der Waals surface area (Å²) >= 11 is 7.55. The molecule has 0 bridgehead atoms. The molecule has 2 aromatic rings. The molecule has 1 aliphatic rings. The van der Waals surface area contributed by atoms with Crippen LogP contribution in [0, 0.1) is 5.82 Å². The quantitative estimate of drug-likeness (QED) is 0.814. The first kappa shape index (κ1) is 12.0. The van der Waals surface area contributed by atoms with E-state index in [2.05, 4.69) is 16.8 Å². The molecule has 1 aromatic heterocycles. The predicted octanol–water partition coefficient (Wildman–Crippen LogP) is 5.03. The molecule has 0 aliphatic heterocycles. The van der Waals surface area contributed by atoms with Crippen LogP contribution in [0.25, 0.3) is 0 Å². The van der Waals surface area contributed by atoms with Crippen LogP contribution >= 0.6 is 22.9 Å². The first-order valence-electron chi connectivity index (χ1n) is 6.02. The largest absolute Gasteiger partial charge is 0.376 e. The van der Waals surface area contributed by atoms with Crippen LogP contribution in [0.5, 0.6) is 0 Å².